The Labute approximate surface area is 217 Å². The Kier molecular flexibility index (Phi) is 5.39. The van der Waals surface area contributed by atoms with E-state index in [1.807, 2.05) is 36.4 Å². The van der Waals surface area contributed by atoms with Crippen molar-refractivity contribution in [2.45, 2.75) is 25.7 Å². The van der Waals surface area contributed by atoms with Crippen LogP contribution in [0.3, 0.4) is 0 Å². The van der Waals surface area contributed by atoms with Gasteiger partial charge in [-0.2, -0.15) is 5.10 Å². The standard InChI is InChI=1S/C29H24N8O/c38-29(17-5-1-2-6-17)34-19-11-18(14-30-15-19)24-12-21-26(16-33-24)36-37-28(21)25-13-20-22(35-25)8-10-32-27(20)23-7-3-4-9-31-23/h3-4,7-17,35H,1-2,5-6H2,(H,34,38)(H,36,37). The van der Waals surface area contributed by atoms with E-state index in [2.05, 4.69) is 46.5 Å². The van der Waals surface area contributed by atoms with Crippen LogP contribution < -0.4 is 5.32 Å². The van der Waals surface area contributed by atoms with Gasteiger partial charge in [0.25, 0.3) is 0 Å². The largest absolute Gasteiger partial charge is 0.353 e. The number of anilines is 1. The maximum atomic E-state index is 12.6. The number of amides is 1. The summed E-state index contributed by atoms with van der Waals surface area (Å²) in [7, 11) is 0. The lowest BCUT2D eigenvalue weighted by atomic mass is 10.1. The van der Waals surface area contributed by atoms with Gasteiger partial charge in [-0.25, -0.2) is 0 Å². The lowest BCUT2D eigenvalue weighted by molar-refractivity contribution is -0.119. The van der Waals surface area contributed by atoms with Crippen LogP contribution in [-0.2, 0) is 4.79 Å². The van der Waals surface area contributed by atoms with Gasteiger partial charge in [0, 0.05) is 46.4 Å². The molecular formula is C29H24N8O. The first kappa shape index (κ1) is 22.3. The van der Waals surface area contributed by atoms with Crippen molar-refractivity contribution in [3.05, 3.63) is 73.4 Å². The molecule has 0 aromatic carbocycles. The SMILES string of the molecule is O=C(Nc1cncc(-c2cc3c(-c4cc5c(-c6ccccn6)nccc5[nH]4)n[nH]c3cn2)c1)C1CCCC1. The third-order valence-electron chi connectivity index (χ3n) is 7.19. The topological polar surface area (TPSA) is 125 Å². The molecule has 186 valence electrons. The Morgan fingerprint density at radius 1 is 0.842 bits per heavy atom. The van der Waals surface area contributed by atoms with Crippen molar-refractivity contribution < 1.29 is 4.79 Å². The van der Waals surface area contributed by atoms with Crippen LogP contribution in [0.1, 0.15) is 25.7 Å². The molecule has 38 heavy (non-hydrogen) atoms. The van der Waals surface area contributed by atoms with Gasteiger partial charge in [-0.3, -0.25) is 29.8 Å². The van der Waals surface area contributed by atoms with Crippen molar-refractivity contribution in [2.24, 2.45) is 5.92 Å². The monoisotopic (exact) mass is 500 g/mol. The van der Waals surface area contributed by atoms with E-state index in [-0.39, 0.29) is 11.8 Å². The lowest BCUT2D eigenvalue weighted by Crippen LogP contribution is -2.20. The number of hydrogen-bond donors (Lipinski definition) is 3. The van der Waals surface area contributed by atoms with E-state index in [9.17, 15) is 4.79 Å². The molecule has 0 saturated heterocycles. The second kappa shape index (κ2) is 9.19. The number of carbonyl (C=O) groups is 1. The van der Waals surface area contributed by atoms with Gasteiger partial charge >= 0.3 is 0 Å². The Bertz CT molecular complexity index is 1780. The number of carbonyl (C=O) groups excluding carboxylic acids is 1. The van der Waals surface area contributed by atoms with E-state index in [0.717, 1.165) is 81.5 Å². The van der Waals surface area contributed by atoms with E-state index < -0.39 is 0 Å². The lowest BCUT2D eigenvalue weighted by Gasteiger charge is -2.11. The van der Waals surface area contributed by atoms with Gasteiger partial charge in [0.1, 0.15) is 5.69 Å². The predicted molar refractivity (Wildman–Crippen MR) is 146 cm³/mol. The highest BCUT2D eigenvalue weighted by atomic mass is 16.1. The Morgan fingerprint density at radius 2 is 1.74 bits per heavy atom. The quantitative estimate of drug-likeness (QED) is 0.277. The number of nitrogens with one attached hydrogen (secondary N) is 3. The second-order valence-corrected chi connectivity index (χ2v) is 9.64. The van der Waals surface area contributed by atoms with Crippen LogP contribution in [0, 0.1) is 5.92 Å². The first-order valence-electron chi connectivity index (χ1n) is 12.7. The smallest absolute Gasteiger partial charge is 0.227 e. The number of aromatic amines is 2. The van der Waals surface area contributed by atoms with Crippen molar-refractivity contribution in [3.8, 4) is 34.0 Å². The predicted octanol–water partition coefficient (Wildman–Crippen LogP) is 5.75. The third kappa shape index (κ3) is 3.98. The Hall–Kier alpha value is -4.92. The molecule has 0 aliphatic heterocycles. The molecule has 7 rings (SSSR count). The molecule has 9 heteroatoms. The molecule has 0 unspecified atom stereocenters. The van der Waals surface area contributed by atoms with Crippen molar-refractivity contribution in [1.29, 1.82) is 0 Å². The molecule has 1 aliphatic rings. The van der Waals surface area contributed by atoms with E-state index >= 15 is 0 Å². The number of hydrogen-bond acceptors (Lipinski definition) is 6. The Balaban J connectivity index is 1.25. The van der Waals surface area contributed by atoms with Crippen molar-refractivity contribution in [2.75, 3.05) is 5.32 Å². The summed E-state index contributed by atoms with van der Waals surface area (Å²) in [5.41, 5.74) is 7.30. The summed E-state index contributed by atoms with van der Waals surface area (Å²) < 4.78 is 0. The van der Waals surface area contributed by atoms with E-state index in [1.165, 1.54) is 0 Å². The summed E-state index contributed by atoms with van der Waals surface area (Å²) in [5, 5.41) is 12.6. The number of fused-ring (bicyclic) bond motifs is 2. The highest BCUT2D eigenvalue weighted by molar-refractivity contribution is 6.00. The fourth-order valence-corrected chi connectivity index (χ4v) is 5.25. The number of aromatic nitrogens is 7. The van der Waals surface area contributed by atoms with Crippen LogP contribution in [0.2, 0.25) is 0 Å². The number of H-pyrrole nitrogens is 2. The van der Waals surface area contributed by atoms with Crippen LogP contribution in [0.5, 0.6) is 0 Å². The molecule has 3 N–H and O–H groups in total. The molecule has 0 spiro atoms. The molecule has 1 saturated carbocycles. The zero-order chi connectivity index (χ0) is 25.5. The average molecular weight is 501 g/mol. The molecule has 0 atom stereocenters. The maximum absolute atomic E-state index is 12.6. The average Bonchev–Trinajstić information content (AvgIpc) is 3.73. The zero-order valence-corrected chi connectivity index (χ0v) is 20.5. The van der Waals surface area contributed by atoms with Gasteiger partial charge in [0.2, 0.25) is 5.91 Å². The number of pyridine rings is 4. The van der Waals surface area contributed by atoms with Gasteiger partial charge in [-0.1, -0.05) is 18.9 Å². The fraction of sp³-hybridized carbons (Fsp3) is 0.172. The third-order valence-corrected chi connectivity index (χ3v) is 7.19. The zero-order valence-electron chi connectivity index (χ0n) is 20.5. The van der Waals surface area contributed by atoms with Crippen molar-refractivity contribution in [3.63, 3.8) is 0 Å². The van der Waals surface area contributed by atoms with Crippen molar-refractivity contribution >= 4 is 33.4 Å². The Morgan fingerprint density at radius 3 is 2.61 bits per heavy atom. The van der Waals surface area contributed by atoms with Gasteiger partial charge in [0.05, 0.1) is 46.4 Å². The maximum Gasteiger partial charge on any atom is 0.227 e. The highest BCUT2D eigenvalue weighted by Crippen LogP contribution is 2.34. The minimum Gasteiger partial charge on any atom is -0.353 e. The minimum atomic E-state index is 0.0698. The summed E-state index contributed by atoms with van der Waals surface area (Å²) in [6.45, 7) is 0. The first-order chi connectivity index (χ1) is 18.7. The van der Waals surface area contributed by atoms with E-state index in [0.29, 0.717) is 5.69 Å². The molecular weight excluding hydrogens is 476 g/mol. The van der Waals surface area contributed by atoms with Gasteiger partial charge in [0.15, 0.2) is 0 Å². The molecule has 0 bridgehead atoms. The molecule has 1 amide bonds. The van der Waals surface area contributed by atoms with E-state index in [1.54, 1.807) is 31.0 Å². The van der Waals surface area contributed by atoms with Crippen molar-refractivity contribution in [1.82, 2.24) is 35.1 Å². The van der Waals surface area contributed by atoms with Gasteiger partial charge < -0.3 is 10.3 Å². The molecule has 0 radical (unpaired) electrons. The van der Waals surface area contributed by atoms with Crippen LogP contribution in [-0.4, -0.2) is 41.0 Å². The molecule has 6 heterocycles. The molecule has 9 nitrogen and oxygen atoms in total. The van der Waals surface area contributed by atoms with Gasteiger partial charge in [-0.05, 0) is 49.2 Å². The highest BCUT2D eigenvalue weighted by Gasteiger charge is 2.23. The molecule has 6 aromatic rings. The van der Waals surface area contributed by atoms with Crippen LogP contribution in [0.4, 0.5) is 5.69 Å². The van der Waals surface area contributed by atoms with Crippen LogP contribution in [0.25, 0.3) is 55.8 Å². The first-order valence-corrected chi connectivity index (χ1v) is 12.7. The van der Waals surface area contributed by atoms with E-state index in [4.69, 9.17) is 0 Å². The number of nitrogens with zero attached hydrogens (tertiary/aromatic N) is 5. The van der Waals surface area contributed by atoms with Gasteiger partial charge in [-0.15, -0.1) is 0 Å². The molecule has 1 fully saturated rings. The van der Waals surface area contributed by atoms with Crippen LogP contribution in [0.15, 0.2) is 73.4 Å². The summed E-state index contributed by atoms with van der Waals surface area (Å²) >= 11 is 0. The summed E-state index contributed by atoms with van der Waals surface area (Å²) in [5.74, 6) is 0.159. The summed E-state index contributed by atoms with van der Waals surface area (Å²) in [6.07, 6.45) is 12.9. The normalized spacial score (nSPS) is 13.9. The fourth-order valence-electron chi connectivity index (χ4n) is 5.25. The molecule has 1 aliphatic carbocycles. The van der Waals surface area contributed by atoms with Crippen LogP contribution >= 0.6 is 0 Å². The second-order valence-electron chi connectivity index (χ2n) is 9.64. The summed E-state index contributed by atoms with van der Waals surface area (Å²) in [6, 6.07) is 13.7. The summed E-state index contributed by atoms with van der Waals surface area (Å²) in [4.78, 5) is 34.1. The minimum absolute atomic E-state index is 0.0698. The number of rotatable bonds is 5. The molecule has 6 aromatic heterocycles.